The van der Waals surface area contributed by atoms with Crippen LogP contribution in [-0.2, 0) is 6.54 Å². The van der Waals surface area contributed by atoms with Crippen molar-refractivity contribution in [2.24, 2.45) is 16.8 Å². The van der Waals surface area contributed by atoms with E-state index in [9.17, 15) is 5.11 Å². The Balaban J connectivity index is 2.09. The van der Waals surface area contributed by atoms with Crippen LogP contribution in [0.2, 0.25) is 0 Å². The molecular weight excluding hydrogens is 262 g/mol. The molecule has 3 rings (SSSR count). The second-order valence-corrected chi connectivity index (χ2v) is 7.22. The van der Waals surface area contributed by atoms with Crippen LogP contribution in [0.1, 0.15) is 57.1 Å². The number of ether oxygens (including phenoxy) is 1. The van der Waals surface area contributed by atoms with Gasteiger partial charge in [-0.25, -0.2) is 0 Å². The summed E-state index contributed by atoms with van der Waals surface area (Å²) in [5, 5.41) is 10.5. The average Bonchev–Trinajstić information content (AvgIpc) is 2.37. The molecule has 0 amide bonds. The van der Waals surface area contributed by atoms with Gasteiger partial charge in [-0.15, -0.1) is 0 Å². The van der Waals surface area contributed by atoms with Crippen molar-refractivity contribution in [1.29, 1.82) is 0 Å². The highest BCUT2D eigenvalue weighted by Gasteiger charge is 2.46. The first-order valence-corrected chi connectivity index (χ1v) is 7.91. The van der Waals surface area contributed by atoms with Gasteiger partial charge in [-0.2, -0.15) is 0 Å². The number of fused-ring (bicyclic) bond motifs is 4. The molecule has 0 radical (unpaired) electrons. The summed E-state index contributed by atoms with van der Waals surface area (Å²) < 4.78 is 6.26. The van der Waals surface area contributed by atoms with E-state index in [1.165, 1.54) is 6.42 Å². The molecule has 0 aromatic heterocycles. The predicted molar refractivity (Wildman–Crippen MR) is 85.3 cm³/mol. The zero-order valence-electron chi connectivity index (χ0n) is 13.2. The summed E-state index contributed by atoms with van der Waals surface area (Å²) in [5.41, 5.74) is 1.89. The Kier molecular flexibility index (Phi) is 3.46. The summed E-state index contributed by atoms with van der Waals surface area (Å²) in [6.07, 6.45) is 3.28. The first-order valence-electron chi connectivity index (χ1n) is 7.91. The van der Waals surface area contributed by atoms with Crippen LogP contribution in [0.3, 0.4) is 0 Å². The molecule has 3 atom stereocenters. The van der Waals surface area contributed by atoms with Crippen LogP contribution in [0.25, 0.3) is 0 Å². The van der Waals surface area contributed by atoms with E-state index in [1.54, 1.807) is 0 Å². The van der Waals surface area contributed by atoms with E-state index in [-0.39, 0.29) is 5.60 Å². The fourth-order valence-electron chi connectivity index (χ4n) is 4.21. The number of hydrogen-bond donors (Lipinski definition) is 1. The molecular formula is C18H25NO2. The van der Waals surface area contributed by atoms with Crippen molar-refractivity contribution >= 4 is 6.72 Å². The highest BCUT2D eigenvalue weighted by molar-refractivity contribution is 5.52. The fourth-order valence-corrected chi connectivity index (χ4v) is 4.21. The molecule has 1 N–H and O–H groups in total. The number of aliphatic imine (C=N–C) groups is 1. The van der Waals surface area contributed by atoms with Crippen molar-refractivity contribution < 1.29 is 9.84 Å². The van der Waals surface area contributed by atoms with E-state index >= 15 is 0 Å². The normalized spacial score (nSPS) is 30.7. The van der Waals surface area contributed by atoms with Crippen LogP contribution in [0, 0.1) is 11.8 Å². The molecule has 1 aliphatic heterocycles. The van der Waals surface area contributed by atoms with Crippen molar-refractivity contribution in [2.75, 3.05) is 0 Å². The fraction of sp³-hybridized carbons (Fsp3) is 0.611. The van der Waals surface area contributed by atoms with E-state index < -0.39 is 0 Å². The van der Waals surface area contributed by atoms with Gasteiger partial charge in [0.05, 0.1) is 6.54 Å². The summed E-state index contributed by atoms with van der Waals surface area (Å²) in [6, 6.07) is 3.86. The maximum absolute atomic E-state index is 10.5. The number of phenols is 1. The monoisotopic (exact) mass is 287 g/mol. The Morgan fingerprint density at radius 2 is 2.24 bits per heavy atom. The molecule has 1 aromatic rings. The minimum absolute atomic E-state index is 0.0876. The number of aromatic hydroxyl groups is 1. The standard InChI is InChI=1S/C18H25NO2/c1-11(2)13-5-6-18(3)9-14(13)17-15(20)7-12(10-19-4)8-16(17)21-18/h7-8,11,13-14,20H,4-6,9-10H2,1-3H3/t13-,14-,18+/m0/s1. The molecule has 1 heterocycles. The van der Waals surface area contributed by atoms with E-state index in [2.05, 4.69) is 32.5 Å². The first-order chi connectivity index (χ1) is 9.93. The summed E-state index contributed by atoms with van der Waals surface area (Å²) in [5.74, 6) is 2.87. The van der Waals surface area contributed by atoms with E-state index in [0.717, 1.165) is 29.7 Å². The third-order valence-corrected chi connectivity index (χ3v) is 5.23. The predicted octanol–water partition coefficient (Wildman–Crippen LogP) is 4.28. The third-order valence-electron chi connectivity index (χ3n) is 5.23. The molecule has 3 nitrogen and oxygen atoms in total. The molecule has 21 heavy (non-hydrogen) atoms. The number of phenolic OH excluding ortho intramolecular Hbond substituents is 1. The SMILES string of the molecule is C=NCc1cc(O)c2c(c1)O[C@]1(C)CC[C@@H](C(C)C)[C@@H]2C1. The number of nitrogens with zero attached hydrogens (tertiary/aromatic N) is 1. The van der Waals surface area contributed by atoms with Gasteiger partial charge in [0.2, 0.25) is 0 Å². The molecule has 0 saturated heterocycles. The molecule has 0 spiro atoms. The largest absolute Gasteiger partial charge is 0.508 e. The van der Waals surface area contributed by atoms with Crippen molar-refractivity contribution in [3.05, 3.63) is 23.3 Å². The smallest absolute Gasteiger partial charge is 0.127 e. The Bertz CT molecular complexity index is 567. The Hall–Kier alpha value is -1.51. The van der Waals surface area contributed by atoms with Gasteiger partial charge in [0.1, 0.15) is 17.1 Å². The van der Waals surface area contributed by atoms with Gasteiger partial charge in [0.25, 0.3) is 0 Å². The van der Waals surface area contributed by atoms with Gasteiger partial charge in [-0.05, 0) is 68.4 Å². The average molecular weight is 287 g/mol. The lowest BCUT2D eigenvalue weighted by Crippen LogP contribution is -2.45. The molecule has 2 aliphatic rings. The van der Waals surface area contributed by atoms with E-state index in [4.69, 9.17) is 4.74 Å². The van der Waals surface area contributed by atoms with Crippen molar-refractivity contribution in [2.45, 2.75) is 58.1 Å². The van der Waals surface area contributed by atoms with Crippen molar-refractivity contribution in [3.63, 3.8) is 0 Å². The molecule has 1 saturated carbocycles. The highest BCUT2D eigenvalue weighted by atomic mass is 16.5. The van der Waals surface area contributed by atoms with Gasteiger partial charge >= 0.3 is 0 Å². The number of hydrogen-bond acceptors (Lipinski definition) is 3. The lowest BCUT2D eigenvalue weighted by Gasteiger charge is -2.49. The van der Waals surface area contributed by atoms with Gasteiger partial charge in [-0.3, -0.25) is 4.99 Å². The zero-order valence-corrected chi connectivity index (χ0v) is 13.2. The summed E-state index contributed by atoms with van der Waals surface area (Å²) in [7, 11) is 0. The van der Waals surface area contributed by atoms with Gasteiger partial charge in [0, 0.05) is 5.56 Å². The van der Waals surface area contributed by atoms with Crippen LogP contribution < -0.4 is 4.74 Å². The maximum atomic E-state index is 10.5. The quantitative estimate of drug-likeness (QED) is 0.843. The van der Waals surface area contributed by atoms with Crippen LogP contribution in [0.5, 0.6) is 11.5 Å². The topological polar surface area (TPSA) is 41.8 Å². The van der Waals surface area contributed by atoms with Crippen molar-refractivity contribution in [1.82, 2.24) is 0 Å². The minimum Gasteiger partial charge on any atom is -0.508 e. The first kappa shape index (κ1) is 14.4. The second-order valence-electron chi connectivity index (χ2n) is 7.22. The van der Waals surface area contributed by atoms with E-state index in [1.807, 2.05) is 12.1 Å². The molecule has 114 valence electrons. The zero-order chi connectivity index (χ0) is 15.2. The number of rotatable bonds is 3. The van der Waals surface area contributed by atoms with Crippen molar-refractivity contribution in [3.8, 4) is 11.5 Å². The Morgan fingerprint density at radius 3 is 2.90 bits per heavy atom. The van der Waals surface area contributed by atoms with Crippen LogP contribution in [0.15, 0.2) is 17.1 Å². The molecule has 2 bridgehead atoms. The molecule has 1 fully saturated rings. The van der Waals surface area contributed by atoms with Crippen LogP contribution >= 0.6 is 0 Å². The molecule has 1 aliphatic carbocycles. The van der Waals surface area contributed by atoms with Crippen LogP contribution in [-0.4, -0.2) is 17.4 Å². The molecule has 1 aromatic carbocycles. The lowest BCUT2D eigenvalue weighted by atomic mass is 9.64. The van der Waals surface area contributed by atoms with Gasteiger partial charge in [0.15, 0.2) is 0 Å². The highest BCUT2D eigenvalue weighted by Crippen LogP contribution is 2.55. The van der Waals surface area contributed by atoms with E-state index in [0.29, 0.717) is 30.0 Å². The van der Waals surface area contributed by atoms with Gasteiger partial charge < -0.3 is 9.84 Å². The second kappa shape index (κ2) is 5.04. The maximum Gasteiger partial charge on any atom is 0.127 e. The summed E-state index contributed by atoms with van der Waals surface area (Å²) in [4.78, 5) is 3.91. The Labute approximate surface area is 127 Å². The summed E-state index contributed by atoms with van der Waals surface area (Å²) >= 11 is 0. The lowest BCUT2D eigenvalue weighted by molar-refractivity contribution is -0.00865. The molecule has 3 heteroatoms. The molecule has 0 unspecified atom stereocenters. The number of benzene rings is 1. The third kappa shape index (κ3) is 2.43. The Morgan fingerprint density at radius 1 is 1.48 bits per heavy atom. The van der Waals surface area contributed by atoms with Gasteiger partial charge in [-0.1, -0.05) is 13.8 Å². The summed E-state index contributed by atoms with van der Waals surface area (Å²) in [6.45, 7) is 10.8. The van der Waals surface area contributed by atoms with Crippen LogP contribution in [0.4, 0.5) is 0 Å². The minimum atomic E-state index is -0.0876.